The average molecular weight is 275 g/mol. The fraction of sp³-hybridized carbons (Fsp3) is 0.643. The average Bonchev–Trinajstić information content (AvgIpc) is 3.10. The Bertz CT molecular complexity index is 494. The second kappa shape index (κ2) is 5.26. The van der Waals surface area contributed by atoms with Crippen LogP contribution in [-0.4, -0.2) is 47.0 Å². The van der Waals surface area contributed by atoms with E-state index in [1.54, 1.807) is 0 Å². The molecule has 3 heterocycles. The molecule has 0 spiro atoms. The van der Waals surface area contributed by atoms with Gasteiger partial charge in [0.1, 0.15) is 5.60 Å². The largest absolute Gasteiger partial charge is 0.566 e. The lowest BCUT2D eigenvalue weighted by Crippen LogP contribution is -2.33. The lowest BCUT2D eigenvalue weighted by molar-refractivity contribution is 0.173. The van der Waals surface area contributed by atoms with Crippen molar-refractivity contribution < 1.29 is 9.31 Å². The topological polar surface area (TPSA) is 39.5 Å². The first-order valence-electron chi connectivity index (χ1n) is 7.33. The van der Waals surface area contributed by atoms with Crippen LogP contribution in [0.5, 0.6) is 0 Å². The molecule has 2 aliphatic heterocycles. The van der Waals surface area contributed by atoms with Gasteiger partial charge in [-0.1, -0.05) is 6.58 Å². The zero-order valence-electron chi connectivity index (χ0n) is 12.3. The monoisotopic (exact) mass is 275 g/mol. The smallest absolute Gasteiger partial charge is 0.534 e. The molecule has 3 rings (SSSR count). The van der Waals surface area contributed by atoms with E-state index in [4.69, 9.17) is 9.31 Å². The van der Waals surface area contributed by atoms with Crippen molar-refractivity contribution in [3.8, 4) is 0 Å². The first-order chi connectivity index (χ1) is 9.54. The first-order valence-corrected chi connectivity index (χ1v) is 7.33. The van der Waals surface area contributed by atoms with Gasteiger partial charge in [-0.2, -0.15) is 5.10 Å². The van der Waals surface area contributed by atoms with Gasteiger partial charge in [-0.3, -0.25) is 4.68 Å². The van der Waals surface area contributed by atoms with Crippen molar-refractivity contribution in [2.75, 3.05) is 19.6 Å². The molecule has 0 aromatic carbocycles. The van der Waals surface area contributed by atoms with Crippen LogP contribution in [0, 0.1) is 0 Å². The van der Waals surface area contributed by atoms with E-state index in [2.05, 4.69) is 16.6 Å². The molecule has 0 bridgehead atoms. The SMILES string of the molecule is C=C1OB(c2cnn(CCN3CCCC3)c2)OC1(C)C. The van der Waals surface area contributed by atoms with Crippen molar-refractivity contribution in [3.05, 3.63) is 24.7 Å². The fourth-order valence-corrected chi connectivity index (χ4v) is 2.64. The van der Waals surface area contributed by atoms with Gasteiger partial charge in [0.25, 0.3) is 0 Å². The predicted octanol–water partition coefficient (Wildman–Crippen LogP) is 1.01. The van der Waals surface area contributed by atoms with Crippen molar-refractivity contribution in [2.24, 2.45) is 0 Å². The zero-order valence-corrected chi connectivity index (χ0v) is 12.3. The number of likely N-dealkylation sites (tertiary alicyclic amines) is 1. The van der Waals surface area contributed by atoms with Crippen molar-refractivity contribution in [1.29, 1.82) is 0 Å². The predicted molar refractivity (Wildman–Crippen MR) is 78.7 cm³/mol. The van der Waals surface area contributed by atoms with Crippen molar-refractivity contribution in [1.82, 2.24) is 14.7 Å². The first kappa shape index (κ1) is 13.7. The molecule has 2 aliphatic rings. The Balaban J connectivity index is 1.58. The summed E-state index contributed by atoms with van der Waals surface area (Å²) in [6, 6.07) is 0. The van der Waals surface area contributed by atoms with E-state index in [1.807, 2.05) is 30.9 Å². The second-order valence-electron chi connectivity index (χ2n) is 6.09. The van der Waals surface area contributed by atoms with Crippen LogP contribution >= 0.6 is 0 Å². The Morgan fingerprint density at radius 2 is 2.10 bits per heavy atom. The van der Waals surface area contributed by atoms with Crippen LogP contribution < -0.4 is 5.46 Å². The molecule has 5 nitrogen and oxygen atoms in total. The van der Waals surface area contributed by atoms with Crippen molar-refractivity contribution in [2.45, 2.75) is 38.8 Å². The molecule has 108 valence electrons. The fourth-order valence-electron chi connectivity index (χ4n) is 2.64. The molecule has 0 amide bonds. The van der Waals surface area contributed by atoms with E-state index in [0.29, 0.717) is 5.76 Å². The summed E-state index contributed by atoms with van der Waals surface area (Å²) in [4.78, 5) is 2.48. The minimum Gasteiger partial charge on any atom is -0.534 e. The van der Waals surface area contributed by atoms with E-state index < -0.39 is 5.60 Å². The van der Waals surface area contributed by atoms with E-state index in [-0.39, 0.29) is 7.12 Å². The summed E-state index contributed by atoms with van der Waals surface area (Å²) in [6.45, 7) is 12.2. The summed E-state index contributed by atoms with van der Waals surface area (Å²) in [5.74, 6) is 0.673. The Labute approximate surface area is 120 Å². The highest BCUT2D eigenvalue weighted by Gasteiger charge is 2.43. The highest BCUT2D eigenvalue weighted by molar-refractivity contribution is 6.62. The molecule has 1 aromatic rings. The quantitative estimate of drug-likeness (QED) is 0.769. The summed E-state index contributed by atoms with van der Waals surface area (Å²) in [5.41, 5.74) is 0.528. The molecule has 20 heavy (non-hydrogen) atoms. The lowest BCUT2D eigenvalue weighted by Gasteiger charge is -2.15. The zero-order chi connectivity index (χ0) is 14.2. The third-order valence-corrected chi connectivity index (χ3v) is 4.09. The van der Waals surface area contributed by atoms with E-state index >= 15 is 0 Å². The highest BCUT2D eigenvalue weighted by Crippen LogP contribution is 2.28. The maximum atomic E-state index is 5.85. The lowest BCUT2D eigenvalue weighted by atomic mass is 9.82. The number of hydrogen-bond acceptors (Lipinski definition) is 4. The molecule has 0 saturated carbocycles. The third-order valence-electron chi connectivity index (χ3n) is 4.09. The minimum absolute atomic E-state index is 0.377. The molecule has 0 radical (unpaired) electrons. The normalized spacial score (nSPS) is 22.5. The van der Waals surface area contributed by atoms with Crippen LogP contribution in [0.2, 0.25) is 0 Å². The van der Waals surface area contributed by atoms with Crippen molar-refractivity contribution in [3.63, 3.8) is 0 Å². The molecule has 2 saturated heterocycles. The summed E-state index contributed by atoms with van der Waals surface area (Å²) in [6.07, 6.45) is 6.48. The van der Waals surface area contributed by atoms with Gasteiger partial charge in [-0.25, -0.2) is 0 Å². The van der Waals surface area contributed by atoms with Gasteiger partial charge in [-0.05, 0) is 39.8 Å². The van der Waals surface area contributed by atoms with Crippen LogP contribution in [-0.2, 0) is 15.9 Å². The van der Waals surface area contributed by atoms with E-state index in [0.717, 1.165) is 18.6 Å². The van der Waals surface area contributed by atoms with Gasteiger partial charge in [0.15, 0.2) is 0 Å². The van der Waals surface area contributed by atoms with Gasteiger partial charge in [0.05, 0.1) is 18.5 Å². The molecule has 0 unspecified atom stereocenters. The van der Waals surface area contributed by atoms with Crippen LogP contribution in [0.15, 0.2) is 24.7 Å². The molecule has 0 atom stereocenters. The summed E-state index contributed by atoms with van der Waals surface area (Å²) >= 11 is 0. The standard InChI is InChI=1S/C14H22BN3O2/c1-12-14(2,3)20-15(19-12)13-10-16-18(11-13)9-8-17-6-4-5-7-17/h10-11H,1,4-9H2,2-3H3. The maximum absolute atomic E-state index is 5.85. The number of aromatic nitrogens is 2. The number of hydrogen-bond donors (Lipinski definition) is 0. The molecular weight excluding hydrogens is 253 g/mol. The Hall–Kier alpha value is -1.27. The number of rotatable bonds is 4. The molecule has 6 heteroatoms. The summed E-state index contributed by atoms with van der Waals surface area (Å²) in [5, 5.41) is 4.39. The maximum Gasteiger partial charge on any atom is 0.566 e. The van der Waals surface area contributed by atoms with Gasteiger partial charge in [0.2, 0.25) is 0 Å². The Morgan fingerprint density at radius 1 is 1.35 bits per heavy atom. The Kier molecular flexibility index (Phi) is 3.60. The number of nitrogens with zero attached hydrogens (tertiary/aromatic N) is 3. The second-order valence-corrected chi connectivity index (χ2v) is 6.09. The van der Waals surface area contributed by atoms with Gasteiger partial charge < -0.3 is 14.2 Å². The van der Waals surface area contributed by atoms with Crippen molar-refractivity contribution >= 4 is 12.6 Å². The van der Waals surface area contributed by atoms with E-state index in [9.17, 15) is 0 Å². The Morgan fingerprint density at radius 3 is 2.75 bits per heavy atom. The summed E-state index contributed by atoms with van der Waals surface area (Å²) in [7, 11) is -0.377. The minimum atomic E-state index is -0.428. The van der Waals surface area contributed by atoms with Crippen LogP contribution in [0.3, 0.4) is 0 Å². The summed E-state index contributed by atoms with van der Waals surface area (Å²) < 4.78 is 13.5. The van der Waals surface area contributed by atoms with Crippen LogP contribution in [0.1, 0.15) is 26.7 Å². The highest BCUT2D eigenvalue weighted by atomic mass is 16.7. The van der Waals surface area contributed by atoms with Gasteiger partial charge in [0, 0.05) is 18.2 Å². The molecule has 1 aromatic heterocycles. The van der Waals surface area contributed by atoms with Crippen LogP contribution in [0.4, 0.5) is 0 Å². The van der Waals surface area contributed by atoms with Gasteiger partial charge in [-0.15, -0.1) is 0 Å². The third kappa shape index (κ3) is 2.76. The molecule has 0 aliphatic carbocycles. The van der Waals surface area contributed by atoms with Gasteiger partial charge >= 0.3 is 7.12 Å². The molecule has 0 N–H and O–H groups in total. The molecule has 2 fully saturated rings. The molecular formula is C14H22BN3O2. The van der Waals surface area contributed by atoms with Crippen LogP contribution in [0.25, 0.3) is 0 Å². The van der Waals surface area contributed by atoms with E-state index in [1.165, 1.54) is 25.9 Å².